The number of β-amino-alcohol motifs (C(OH)–C–C–N with tert-alkyl or cyclic N) is 1. The molecule has 0 aliphatic carbocycles. The molecule has 1 heterocycles. The molecule has 0 bridgehead atoms. The van der Waals surface area contributed by atoms with Crippen molar-refractivity contribution in [2.75, 3.05) is 18.4 Å². The summed E-state index contributed by atoms with van der Waals surface area (Å²) in [4.78, 5) is 15.0. The maximum Gasteiger partial charge on any atom is 0.321 e. The Morgan fingerprint density at radius 3 is 2.57 bits per heavy atom. The van der Waals surface area contributed by atoms with Gasteiger partial charge < -0.3 is 15.3 Å². The van der Waals surface area contributed by atoms with Crippen molar-refractivity contribution in [3.8, 4) is 0 Å². The second kappa shape index (κ2) is 6.71. The number of aliphatic hydroxyl groups excluding tert-OH is 1. The molecule has 21 heavy (non-hydrogen) atoms. The summed E-state index contributed by atoms with van der Waals surface area (Å²) in [5.41, 5.74) is 0.790. The van der Waals surface area contributed by atoms with Crippen molar-refractivity contribution in [2.24, 2.45) is 0 Å². The van der Waals surface area contributed by atoms with Crippen LogP contribution >= 0.6 is 11.8 Å². The number of anilines is 1. The largest absolute Gasteiger partial charge is 0.391 e. The molecule has 0 aromatic heterocycles. The molecule has 0 unspecified atom stereocenters. The van der Waals surface area contributed by atoms with Crippen LogP contribution in [0.25, 0.3) is 0 Å². The van der Waals surface area contributed by atoms with E-state index in [0.717, 1.165) is 18.5 Å². The van der Waals surface area contributed by atoms with Gasteiger partial charge in [0.15, 0.2) is 0 Å². The molecule has 1 aromatic rings. The number of hydrogen-bond acceptors (Lipinski definition) is 3. The Hall–Kier alpha value is -1.20. The maximum atomic E-state index is 12.1. The third-order valence-corrected chi connectivity index (χ3v) is 4.33. The molecular formula is C16H24N2O2S. The van der Waals surface area contributed by atoms with Gasteiger partial charge in [-0.3, -0.25) is 0 Å². The highest BCUT2D eigenvalue weighted by atomic mass is 32.2. The van der Waals surface area contributed by atoms with Crippen molar-refractivity contribution in [1.29, 1.82) is 0 Å². The van der Waals surface area contributed by atoms with Crippen molar-refractivity contribution < 1.29 is 9.90 Å². The maximum absolute atomic E-state index is 12.1. The van der Waals surface area contributed by atoms with Gasteiger partial charge in [-0.2, -0.15) is 0 Å². The van der Waals surface area contributed by atoms with E-state index in [1.54, 1.807) is 16.7 Å². The van der Waals surface area contributed by atoms with E-state index in [2.05, 4.69) is 26.1 Å². The van der Waals surface area contributed by atoms with Crippen molar-refractivity contribution in [2.45, 2.75) is 49.4 Å². The van der Waals surface area contributed by atoms with E-state index in [1.165, 1.54) is 4.90 Å². The number of likely N-dealkylation sites (tertiary alicyclic amines) is 1. The lowest BCUT2D eigenvalue weighted by Crippen LogP contribution is -2.44. The van der Waals surface area contributed by atoms with Crippen molar-refractivity contribution in [1.82, 2.24) is 4.90 Å². The number of benzene rings is 1. The Kier molecular flexibility index (Phi) is 5.17. The molecule has 116 valence electrons. The van der Waals surface area contributed by atoms with Gasteiger partial charge in [-0.25, -0.2) is 4.79 Å². The van der Waals surface area contributed by atoms with Crippen LogP contribution in [0.15, 0.2) is 29.2 Å². The number of amides is 2. The number of nitrogens with zero attached hydrogens (tertiary/aromatic N) is 1. The van der Waals surface area contributed by atoms with Crippen LogP contribution in [0.2, 0.25) is 0 Å². The molecule has 2 N–H and O–H groups in total. The fourth-order valence-corrected chi connectivity index (χ4v) is 3.28. The lowest BCUT2D eigenvalue weighted by atomic mass is 10.1. The van der Waals surface area contributed by atoms with Crippen molar-refractivity contribution in [3.05, 3.63) is 24.3 Å². The van der Waals surface area contributed by atoms with Gasteiger partial charge in [-0.1, -0.05) is 20.8 Å². The molecule has 1 aliphatic heterocycles. The number of carbonyl (C=O) groups is 1. The van der Waals surface area contributed by atoms with Crippen LogP contribution in [0.3, 0.4) is 0 Å². The number of piperidine rings is 1. The number of urea groups is 1. The minimum Gasteiger partial charge on any atom is -0.391 e. The highest BCUT2D eigenvalue weighted by molar-refractivity contribution is 8.00. The summed E-state index contributed by atoms with van der Waals surface area (Å²) in [5, 5.41) is 12.5. The summed E-state index contributed by atoms with van der Waals surface area (Å²) in [6.45, 7) is 7.66. The Labute approximate surface area is 130 Å². The van der Waals surface area contributed by atoms with E-state index >= 15 is 0 Å². The first-order valence-corrected chi connectivity index (χ1v) is 8.18. The lowest BCUT2D eigenvalue weighted by Gasteiger charge is -2.30. The van der Waals surface area contributed by atoms with Crippen LogP contribution in [-0.4, -0.2) is 40.0 Å². The monoisotopic (exact) mass is 308 g/mol. The van der Waals surface area contributed by atoms with E-state index in [1.807, 2.05) is 24.3 Å². The smallest absolute Gasteiger partial charge is 0.321 e. The minimum atomic E-state index is -0.393. The summed E-state index contributed by atoms with van der Waals surface area (Å²) in [6.07, 6.45) is 1.24. The Morgan fingerprint density at radius 1 is 1.33 bits per heavy atom. The van der Waals surface area contributed by atoms with Gasteiger partial charge in [-0.05, 0) is 37.1 Å². The molecule has 5 heteroatoms. The number of carbonyl (C=O) groups excluding carboxylic acids is 1. The number of thioether (sulfide) groups is 1. The first kappa shape index (κ1) is 16.2. The van der Waals surface area contributed by atoms with Gasteiger partial charge in [-0.15, -0.1) is 11.8 Å². The molecule has 1 saturated heterocycles. The number of hydrogen-bond donors (Lipinski definition) is 2. The van der Waals surface area contributed by atoms with E-state index in [9.17, 15) is 9.90 Å². The molecule has 2 amide bonds. The van der Waals surface area contributed by atoms with Crippen LogP contribution in [0, 0.1) is 0 Å². The second-order valence-electron chi connectivity index (χ2n) is 6.41. The summed E-state index contributed by atoms with van der Waals surface area (Å²) in [6, 6.07) is 7.76. The summed E-state index contributed by atoms with van der Waals surface area (Å²) < 4.78 is 0.175. The molecular weight excluding hydrogens is 284 g/mol. The summed E-state index contributed by atoms with van der Waals surface area (Å²) >= 11 is 1.80. The van der Waals surface area contributed by atoms with Crippen molar-refractivity contribution >= 4 is 23.5 Å². The first-order chi connectivity index (χ1) is 9.83. The number of aliphatic hydroxyl groups is 1. The predicted molar refractivity (Wildman–Crippen MR) is 87.9 cm³/mol. The third kappa shape index (κ3) is 5.25. The predicted octanol–water partition coefficient (Wildman–Crippen LogP) is 3.57. The molecule has 0 saturated carbocycles. The van der Waals surface area contributed by atoms with Crippen LogP contribution in [0.5, 0.6) is 0 Å². The van der Waals surface area contributed by atoms with Gasteiger partial charge in [0.05, 0.1) is 6.10 Å². The standard InChI is InChI=1S/C16H24N2O2S/c1-16(2,3)21-14-8-6-12(7-9-14)17-15(20)18-10-4-5-13(19)11-18/h6-9,13,19H,4-5,10-11H2,1-3H3,(H,17,20)/t13-/m1/s1. The van der Waals surface area contributed by atoms with Gasteiger partial charge in [0.1, 0.15) is 0 Å². The zero-order valence-corrected chi connectivity index (χ0v) is 13.7. The van der Waals surface area contributed by atoms with Gasteiger partial charge in [0.25, 0.3) is 0 Å². The van der Waals surface area contributed by atoms with Crippen molar-refractivity contribution in [3.63, 3.8) is 0 Å². The van der Waals surface area contributed by atoms with Crippen LogP contribution in [0.1, 0.15) is 33.6 Å². The normalized spacial score (nSPS) is 19.4. The summed E-state index contributed by atoms with van der Waals surface area (Å²) in [7, 11) is 0. The van der Waals surface area contributed by atoms with Gasteiger partial charge in [0, 0.05) is 28.4 Å². The van der Waals surface area contributed by atoms with Gasteiger partial charge >= 0.3 is 6.03 Å². The Balaban J connectivity index is 1.92. The second-order valence-corrected chi connectivity index (χ2v) is 8.31. The fraction of sp³-hybridized carbons (Fsp3) is 0.562. The minimum absolute atomic E-state index is 0.134. The quantitative estimate of drug-likeness (QED) is 0.821. The Bertz CT molecular complexity index is 482. The number of nitrogens with one attached hydrogen (secondary N) is 1. The SMILES string of the molecule is CC(C)(C)Sc1ccc(NC(=O)N2CCC[C@@H](O)C2)cc1. The lowest BCUT2D eigenvalue weighted by molar-refractivity contribution is 0.0883. The molecule has 1 fully saturated rings. The van der Waals surface area contributed by atoms with E-state index < -0.39 is 6.10 Å². The average Bonchev–Trinajstić information content (AvgIpc) is 2.39. The summed E-state index contributed by atoms with van der Waals surface area (Å²) in [5.74, 6) is 0. The third-order valence-electron chi connectivity index (χ3n) is 3.21. The zero-order valence-electron chi connectivity index (χ0n) is 12.9. The Morgan fingerprint density at radius 2 is 2.00 bits per heavy atom. The molecule has 0 radical (unpaired) electrons. The molecule has 0 spiro atoms. The highest BCUT2D eigenvalue weighted by Crippen LogP contribution is 2.32. The van der Waals surface area contributed by atoms with E-state index in [4.69, 9.17) is 0 Å². The fourth-order valence-electron chi connectivity index (χ4n) is 2.30. The highest BCUT2D eigenvalue weighted by Gasteiger charge is 2.22. The van der Waals surface area contributed by atoms with E-state index in [-0.39, 0.29) is 10.8 Å². The molecule has 1 atom stereocenters. The molecule has 4 nitrogen and oxygen atoms in total. The van der Waals surface area contributed by atoms with Crippen LogP contribution in [-0.2, 0) is 0 Å². The topological polar surface area (TPSA) is 52.6 Å². The van der Waals surface area contributed by atoms with E-state index in [0.29, 0.717) is 13.1 Å². The number of rotatable bonds is 2. The molecule has 1 aromatic carbocycles. The van der Waals surface area contributed by atoms with Crippen LogP contribution in [0.4, 0.5) is 10.5 Å². The average molecular weight is 308 g/mol. The molecule has 1 aliphatic rings. The zero-order chi connectivity index (χ0) is 15.5. The first-order valence-electron chi connectivity index (χ1n) is 7.36. The van der Waals surface area contributed by atoms with Gasteiger partial charge in [0.2, 0.25) is 0 Å². The molecule has 2 rings (SSSR count). The van der Waals surface area contributed by atoms with Crippen LogP contribution < -0.4 is 5.32 Å².